The Balaban J connectivity index is 2.11. The van der Waals surface area contributed by atoms with Crippen LogP contribution in [-0.4, -0.2) is 21.1 Å². The van der Waals surface area contributed by atoms with E-state index >= 15 is 0 Å². The van der Waals surface area contributed by atoms with Crippen LogP contribution < -0.4 is 11.1 Å². The quantitative estimate of drug-likeness (QED) is 0.781. The Kier molecular flexibility index (Phi) is 2.55. The van der Waals surface area contributed by atoms with Gasteiger partial charge in [-0.2, -0.15) is 5.10 Å². The Hall–Kier alpha value is -2.02. The number of nitrogens with zero attached hydrogens (tertiary/aromatic N) is 3. The summed E-state index contributed by atoms with van der Waals surface area (Å²) in [6.07, 6.45) is 1.52. The van der Waals surface area contributed by atoms with Gasteiger partial charge in [-0.3, -0.25) is 4.79 Å². The van der Waals surface area contributed by atoms with E-state index in [0.29, 0.717) is 10.9 Å². The third-order valence-corrected chi connectivity index (χ3v) is 2.24. The van der Waals surface area contributed by atoms with E-state index in [1.807, 2.05) is 0 Å². The molecule has 3 N–H and O–H groups in total. The van der Waals surface area contributed by atoms with E-state index in [9.17, 15) is 4.79 Å². The van der Waals surface area contributed by atoms with E-state index in [1.165, 1.54) is 17.5 Å². The number of anilines is 2. The summed E-state index contributed by atoms with van der Waals surface area (Å²) in [6.45, 7) is 0. The summed E-state index contributed by atoms with van der Waals surface area (Å²) in [5.74, 6) is 0.0394. The molecule has 2 aromatic heterocycles. The Morgan fingerprint density at radius 2 is 2.40 bits per heavy atom. The summed E-state index contributed by atoms with van der Waals surface area (Å²) in [5, 5.41) is 11.8. The molecular formula is C8H7N5OS. The number of aromatic nitrogens is 3. The molecule has 0 bridgehead atoms. The van der Waals surface area contributed by atoms with Gasteiger partial charge in [-0.1, -0.05) is 0 Å². The minimum absolute atomic E-state index is 0.281. The van der Waals surface area contributed by atoms with Crippen molar-refractivity contribution in [3.05, 3.63) is 29.4 Å². The summed E-state index contributed by atoms with van der Waals surface area (Å²) in [7, 11) is 0. The molecule has 2 aromatic rings. The van der Waals surface area contributed by atoms with Crippen molar-refractivity contribution in [1.82, 2.24) is 15.2 Å². The van der Waals surface area contributed by atoms with Crippen molar-refractivity contribution in [2.75, 3.05) is 11.1 Å². The SMILES string of the molecule is Nc1nc(C(=O)Nc2cccnn2)cs1. The maximum absolute atomic E-state index is 11.5. The van der Waals surface area contributed by atoms with Crippen molar-refractivity contribution < 1.29 is 4.79 Å². The smallest absolute Gasteiger partial charge is 0.276 e. The van der Waals surface area contributed by atoms with Crippen LogP contribution >= 0.6 is 11.3 Å². The topological polar surface area (TPSA) is 93.8 Å². The Morgan fingerprint density at radius 3 is 3.00 bits per heavy atom. The molecule has 1 amide bonds. The van der Waals surface area contributed by atoms with E-state index in [-0.39, 0.29) is 11.6 Å². The lowest BCUT2D eigenvalue weighted by Gasteiger charge is -1.99. The molecule has 0 saturated carbocycles. The first-order valence-corrected chi connectivity index (χ1v) is 4.94. The number of amides is 1. The van der Waals surface area contributed by atoms with Crippen LogP contribution in [0.4, 0.5) is 10.9 Å². The largest absolute Gasteiger partial charge is 0.375 e. The molecule has 2 heterocycles. The second-order valence-corrected chi connectivity index (χ2v) is 3.52. The molecule has 0 aliphatic heterocycles. The van der Waals surface area contributed by atoms with Crippen molar-refractivity contribution >= 4 is 28.2 Å². The third-order valence-electron chi connectivity index (χ3n) is 1.57. The van der Waals surface area contributed by atoms with Crippen LogP contribution in [0.2, 0.25) is 0 Å². The van der Waals surface area contributed by atoms with E-state index in [0.717, 1.165) is 0 Å². The van der Waals surface area contributed by atoms with Crippen LogP contribution in [-0.2, 0) is 0 Å². The number of nitrogens with one attached hydrogen (secondary N) is 1. The molecule has 0 atom stereocenters. The molecule has 6 nitrogen and oxygen atoms in total. The van der Waals surface area contributed by atoms with Gasteiger partial charge in [0.15, 0.2) is 10.9 Å². The Morgan fingerprint density at radius 1 is 1.53 bits per heavy atom. The van der Waals surface area contributed by atoms with Crippen LogP contribution in [0.25, 0.3) is 0 Å². The van der Waals surface area contributed by atoms with Crippen molar-refractivity contribution in [3.63, 3.8) is 0 Å². The first-order chi connectivity index (χ1) is 7.25. The number of hydrogen-bond acceptors (Lipinski definition) is 6. The number of hydrogen-bond donors (Lipinski definition) is 2. The number of nitrogens with two attached hydrogens (primary N) is 1. The van der Waals surface area contributed by atoms with Gasteiger partial charge in [0.05, 0.1) is 0 Å². The normalized spacial score (nSPS) is 9.87. The molecule has 0 fully saturated rings. The molecule has 76 valence electrons. The lowest BCUT2D eigenvalue weighted by Crippen LogP contribution is -2.13. The van der Waals surface area contributed by atoms with Crippen LogP contribution in [0.1, 0.15) is 10.5 Å². The van der Waals surface area contributed by atoms with Gasteiger partial charge in [0.25, 0.3) is 5.91 Å². The van der Waals surface area contributed by atoms with Gasteiger partial charge >= 0.3 is 0 Å². The van der Waals surface area contributed by atoms with Crippen molar-refractivity contribution in [1.29, 1.82) is 0 Å². The highest BCUT2D eigenvalue weighted by molar-refractivity contribution is 7.13. The van der Waals surface area contributed by atoms with Crippen molar-refractivity contribution in [3.8, 4) is 0 Å². The summed E-state index contributed by atoms with van der Waals surface area (Å²) >= 11 is 1.21. The minimum atomic E-state index is -0.344. The first kappa shape index (κ1) is 9.53. The monoisotopic (exact) mass is 221 g/mol. The Bertz CT molecular complexity index is 469. The fourth-order valence-corrected chi connectivity index (χ4v) is 1.48. The minimum Gasteiger partial charge on any atom is -0.375 e. The summed E-state index contributed by atoms with van der Waals surface area (Å²) in [5.41, 5.74) is 5.69. The van der Waals surface area contributed by atoms with Gasteiger partial charge in [0.2, 0.25) is 0 Å². The van der Waals surface area contributed by atoms with Gasteiger partial charge in [0.1, 0.15) is 5.69 Å². The number of rotatable bonds is 2. The van der Waals surface area contributed by atoms with Gasteiger partial charge in [-0.15, -0.1) is 16.4 Å². The zero-order valence-electron chi connectivity index (χ0n) is 7.54. The zero-order chi connectivity index (χ0) is 10.7. The third kappa shape index (κ3) is 2.26. The van der Waals surface area contributed by atoms with Crippen LogP contribution in [0, 0.1) is 0 Å². The van der Waals surface area contributed by atoms with Gasteiger partial charge in [-0.25, -0.2) is 4.98 Å². The van der Waals surface area contributed by atoms with Crippen LogP contribution in [0.15, 0.2) is 23.7 Å². The predicted molar refractivity (Wildman–Crippen MR) is 56.5 cm³/mol. The van der Waals surface area contributed by atoms with Gasteiger partial charge < -0.3 is 11.1 Å². The lowest BCUT2D eigenvalue weighted by molar-refractivity contribution is 0.102. The Labute approximate surface area is 89.2 Å². The van der Waals surface area contributed by atoms with Gasteiger partial charge in [0, 0.05) is 11.6 Å². The van der Waals surface area contributed by atoms with Gasteiger partial charge in [-0.05, 0) is 12.1 Å². The maximum Gasteiger partial charge on any atom is 0.276 e. The number of nitrogen functional groups attached to an aromatic ring is 1. The average Bonchev–Trinajstić information content (AvgIpc) is 2.66. The van der Waals surface area contributed by atoms with Crippen LogP contribution in [0.3, 0.4) is 0 Å². The number of carbonyl (C=O) groups excluding carboxylic acids is 1. The fourth-order valence-electron chi connectivity index (χ4n) is 0.940. The van der Waals surface area contributed by atoms with E-state index in [2.05, 4.69) is 20.5 Å². The molecule has 0 saturated heterocycles. The molecule has 15 heavy (non-hydrogen) atoms. The molecule has 0 radical (unpaired) electrons. The summed E-state index contributed by atoms with van der Waals surface area (Å²) in [6, 6.07) is 3.32. The molecule has 0 unspecified atom stereocenters. The molecule has 2 rings (SSSR count). The summed E-state index contributed by atoms with van der Waals surface area (Å²) in [4.78, 5) is 15.4. The molecule has 0 aromatic carbocycles. The molecule has 7 heteroatoms. The van der Waals surface area contributed by atoms with Crippen molar-refractivity contribution in [2.24, 2.45) is 0 Å². The van der Waals surface area contributed by atoms with E-state index in [1.54, 1.807) is 17.5 Å². The second kappa shape index (κ2) is 4.01. The number of carbonyl (C=O) groups is 1. The zero-order valence-corrected chi connectivity index (χ0v) is 8.36. The highest BCUT2D eigenvalue weighted by Gasteiger charge is 2.09. The lowest BCUT2D eigenvalue weighted by atomic mass is 10.4. The second-order valence-electron chi connectivity index (χ2n) is 2.63. The highest BCUT2D eigenvalue weighted by atomic mass is 32.1. The molecule has 0 aliphatic rings. The van der Waals surface area contributed by atoms with E-state index in [4.69, 9.17) is 5.73 Å². The maximum atomic E-state index is 11.5. The summed E-state index contributed by atoms with van der Waals surface area (Å²) < 4.78 is 0. The fraction of sp³-hybridized carbons (Fsp3) is 0. The standard InChI is InChI=1S/C8H7N5OS/c9-8-11-5(4-15-8)7(14)12-6-2-1-3-10-13-6/h1-4H,(H2,9,11)(H,12,13,14). The van der Waals surface area contributed by atoms with Crippen molar-refractivity contribution in [2.45, 2.75) is 0 Å². The molecule has 0 spiro atoms. The average molecular weight is 221 g/mol. The first-order valence-electron chi connectivity index (χ1n) is 4.06. The van der Waals surface area contributed by atoms with Crippen LogP contribution in [0.5, 0.6) is 0 Å². The molecular weight excluding hydrogens is 214 g/mol. The highest BCUT2D eigenvalue weighted by Crippen LogP contribution is 2.12. The predicted octanol–water partition coefficient (Wildman–Crippen LogP) is 0.768. The number of thiazole rings is 1. The van der Waals surface area contributed by atoms with E-state index < -0.39 is 0 Å². The molecule has 0 aliphatic carbocycles.